The monoisotopic (exact) mass is 372 g/mol. The molecule has 0 aromatic carbocycles. The Hall–Kier alpha value is -2.61. The third-order valence-electron chi connectivity index (χ3n) is 5.35. The molecule has 2 aliphatic rings. The van der Waals surface area contributed by atoms with Crippen LogP contribution in [0.15, 0.2) is 29.0 Å². The van der Waals surface area contributed by atoms with Gasteiger partial charge in [0.25, 0.3) is 5.91 Å². The number of aromatic nitrogens is 2. The van der Waals surface area contributed by atoms with Gasteiger partial charge in [-0.2, -0.15) is 5.10 Å². The summed E-state index contributed by atoms with van der Waals surface area (Å²) in [5.74, 6) is 0.448. The van der Waals surface area contributed by atoms with E-state index in [-0.39, 0.29) is 18.4 Å². The van der Waals surface area contributed by atoms with Crippen molar-refractivity contribution in [1.29, 1.82) is 0 Å². The minimum absolute atomic E-state index is 0.111. The molecule has 8 heteroatoms. The smallest absolute Gasteiger partial charge is 0.290 e. The van der Waals surface area contributed by atoms with Crippen LogP contribution in [0.1, 0.15) is 40.7 Å². The number of carbonyl (C=O) groups is 2. The number of ether oxygens (including phenoxy) is 1. The zero-order valence-electron chi connectivity index (χ0n) is 15.4. The van der Waals surface area contributed by atoms with E-state index in [0.717, 1.165) is 37.3 Å². The number of carbonyl (C=O) groups excluding carboxylic acids is 2. The number of nitrogens with one attached hydrogen (secondary N) is 1. The van der Waals surface area contributed by atoms with Gasteiger partial charge in [-0.15, -0.1) is 0 Å². The molecule has 0 bridgehead atoms. The quantitative estimate of drug-likeness (QED) is 0.879. The van der Waals surface area contributed by atoms with Gasteiger partial charge in [0.2, 0.25) is 5.91 Å². The van der Waals surface area contributed by atoms with Crippen molar-refractivity contribution in [3.05, 3.63) is 41.6 Å². The van der Waals surface area contributed by atoms with Crippen LogP contribution in [0.2, 0.25) is 0 Å². The highest BCUT2D eigenvalue weighted by Crippen LogP contribution is 2.24. The summed E-state index contributed by atoms with van der Waals surface area (Å²) in [6.07, 6.45) is 5.09. The molecule has 4 rings (SSSR count). The molecule has 1 unspecified atom stereocenters. The van der Waals surface area contributed by atoms with E-state index in [9.17, 15) is 9.59 Å². The fraction of sp³-hybridized carbons (Fsp3) is 0.526. The summed E-state index contributed by atoms with van der Waals surface area (Å²) in [5.41, 5.74) is 1.63. The Morgan fingerprint density at radius 3 is 2.85 bits per heavy atom. The van der Waals surface area contributed by atoms with Crippen molar-refractivity contribution in [2.45, 2.75) is 32.4 Å². The Kier molecular flexibility index (Phi) is 4.98. The van der Waals surface area contributed by atoms with Crippen LogP contribution in [0.25, 0.3) is 0 Å². The fourth-order valence-corrected chi connectivity index (χ4v) is 3.69. The molecule has 2 amide bonds. The lowest BCUT2D eigenvalue weighted by Crippen LogP contribution is -2.48. The number of nitrogens with zero attached hydrogens (tertiary/aromatic N) is 3. The first-order valence-corrected chi connectivity index (χ1v) is 9.34. The van der Waals surface area contributed by atoms with Crippen LogP contribution in [0.5, 0.6) is 0 Å². The molecule has 1 N–H and O–H groups in total. The first-order valence-electron chi connectivity index (χ1n) is 9.34. The average molecular weight is 372 g/mol. The van der Waals surface area contributed by atoms with Crippen LogP contribution >= 0.6 is 0 Å². The van der Waals surface area contributed by atoms with Crippen LogP contribution in [0.4, 0.5) is 0 Å². The van der Waals surface area contributed by atoms with Gasteiger partial charge < -0.3 is 19.4 Å². The van der Waals surface area contributed by atoms with Gasteiger partial charge in [0.15, 0.2) is 5.76 Å². The summed E-state index contributed by atoms with van der Waals surface area (Å²) in [7, 11) is 0. The number of furan rings is 1. The molecule has 0 aliphatic carbocycles. The van der Waals surface area contributed by atoms with Gasteiger partial charge in [0, 0.05) is 31.5 Å². The van der Waals surface area contributed by atoms with Crippen LogP contribution in [0, 0.1) is 12.8 Å². The summed E-state index contributed by atoms with van der Waals surface area (Å²) >= 11 is 0. The summed E-state index contributed by atoms with van der Waals surface area (Å²) in [6.45, 7) is 4.63. The van der Waals surface area contributed by atoms with E-state index in [4.69, 9.17) is 9.15 Å². The molecule has 2 aliphatic heterocycles. The molecule has 0 radical (unpaired) electrons. The van der Waals surface area contributed by atoms with Crippen molar-refractivity contribution in [3.8, 4) is 0 Å². The first kappa shape index (κ1) is 17.8. The Morgan fingerprint density at radius 2 is 2.11 bits per heavy atom. The molecule has 27 heavy (non-hydrogen) atoms. The van der Waals surface area contributed by atoms with Crippen LogP contribution < -0.4 is 5.32 Å². The van der Waals surface area contributed by atoms with E-state index in [1.54, 1.807) is 21.8 Å². The van der Waals surface area contributed by atoms with Gasteiger partial charge in [0.1, 0.15) is 6.04 Å². The maximum Gasteiger partial charge on any atom is 0.290 e. The Balaban J connectivity index is 1.47. The topological polar surface area (TPSA) is 89.6 Å². The molecule has 1 atom stereocenters. The van der Waals surface area contributed by atoms with Crippen molar-refractivity contribution in [2.24, 2.45) is 5.92 Å². The third-order valence-corrected chi connectivity index (χ3v) is 5.35. The second-order valence-corrected chi connectivity index (χ2v) is 7.20. The lowest BCUT2D eigenvalue weighted by atomic mass is 10.0. The van der Waals surface area contributed by atoms with Crippen LogP contribution in [-0.2, 0) is 16.1 Å². The molecule has 2 aromatic heterocycles. The second kappa shape index (κ2) is 7.56. The first-order chi connectivity index (χ1) is 13.1. The Morgan fingerprint density at radius 1 is 1.30 bits per heavy atom. The van der Waals surface area contributed by atoms with Gasteiger partial charge in [-0.25, -0.2) is 0 Å². The largest absolute Gasteiger partial charge is 0.459 e. The maximum atomic E-state index is 12.9. The summed E-state index contributed by atoms with van der Waals surface area (Å²) in [5, 5.41) is 7.34. The lowest BCUT2D eigenvalue weighted by molar-refractivity contribution is -0.126. The molecular formula is C19H24N4O4. The third kappa shape index (κ3) is 3.62. The van der Waals surface area contributed by atoms with Crippen LogP contribution in [-0.4, -0.2) is 52.8 Å². The van der Waals surface area contributed by atoms with E-state index in [1.165, 1.54) is 6.26 Å². The SMILES string of the molecule is Cc1ccoc1C(=O)N1Cc2ccnn2C(C(=O)NCC2CCOCC2)C1. The number of rotatable bonds is 4. The van der Waals surface area contributed by atoms with Crippen molar-refractivity contribution >= 4 is 11.8 Å². The van der Waals surface area contributed by atoms with Gasteiger partial charge in [-0.1, -0.05) is 0 Å². The van der Waals surface area contributed by atoms with Gasteiger partial charge in [-0.05, 0) is 37.8 Å². The number of hydrogen-bond acceptors (Lipinski definition) is 5. The Labute approximate surface area is 157 Å². The van der Waals surface area contributed by atoms with E-state index >= 15 is 0 Å². The summed E-state index contributed by atoms with van der Waals surface area (Å²) in [6, 6.07) is 3.06. The molecule has 144 valence electrons. The van der Waals surface area contributed by atoms with Crippen LogP contribution in [0.3, 0.4) is 0 Å². The van der Waals surface area contributed by atoms with Crippen molar-refractivity contribution in [2.75, 3.05) is 26.3 Å². The van der Waals surface area contributed by atoms with E-state index < -0.39 is 6.04 Å². The average Bonchev–Trinajstić information content (AvgIpc) is 3.34. The van der Waals surface area contributed by atoms with Gasteiger partial charge >= 0.3 is 0 Å². The molecular weight excluding hydrogens is 348 g/mol. The highest BCUT2D eigenvalue weighted by molar-refractivity contribution is 5.93. The summed E-state index contributed by atoms with van der Waals surface area (Å²) < 4.78 is 12.4. The zero-order chi connectivity index (χ0) is 18.8. The number of fused-ring (bicyclic) bond motifs is 1. The fourth-order valence-electron chi connectivity index (χ4n) is 3.69. The second-order valence-electron chi connectivity index (χ2n) is 7.20. The van der Waals surface area contributed by atoms with Crippen molar-refractivity contribution in [3.63, 3.8) is 0 Å². The minimum atomic E-state index is -0.539. The van der Waals surface area contributed by atoms with E-state index in [2.05, 4.69) is 10.4 Å². The Bertz CT molecular complexity index is 821. The number of aryl methyl sites for hydroxylation is 1. The molecule has 4 heterocycles. The highest BCUT2D eigenvalue weighted by Gasteiger charge is 2.34. The molecule has 0 spiro atoms. The van der Waals surface area contributed by atoms with E-state index in [0.29, 0.717) is 24.8 Å². The minimum Gasteiger partial charge on any atom is -0.459 e. The molecule has 8 nitrogen and oxygen atoms in total. The van der Waals surface area contributed by atoms with Gasteiger partial charge in [-0.3, -0.25) is 14.3 Å². The normalized spacial score (nSPS) is 20.3. The number of hydrogen-bond donors (Lipinski definition) is 1. The predicted octanol–water partition coefficient (Wildman–Crippen LogP) is 1.52. The van der Waals surface area contributed by atoms with Crippen molar-refractivity contribution < 1.29 is 18.7 Å². The molecule has 0 saturated carbocycles. The maximum absolute atomic E-state index is 12.9. The molecule has 1 fully saturated rings. The predicted molar refractivity (Wildman–Crippen MR) is 96.0 cm³/mol. The van der Waals surface area contributed by atoms with Gasteiger partial charge in [0.05, 0.1) is 25.0 Å². The zero-order valence-corrected chi connectivity index (χ0v) is 15.4. The highest BCUT2D eigenvalue weighted by atomic mass is 16.5. The molecule has 2 aromatic rings. The van der Waals surface area contributed by atoms with E-state index in [1.807, 2.05) is 13.0 Å². The lowest BCUT2D eigenvalue weighted by Gasteiger charge is -2.33. The summed E-state index contributed by atoms with van der Waals surface area (Å²) in [4.78, 5) is 27.4. The standard InChI is InChI=1S/C19H24N4O4/c1-13-3-9-27-17(13)19(25)22-11-15-2-6-21-23(15)16(12-22)18(24)20-10-14-4-7-26-8-5-14/h2-3,6,9,14,16H,4-5,7-8,10-12H2,1H3,(H,20,24). The number of amides is 2. The molecule has 1 saturated heterocycles. The van der Waals surface area contributed by atoms with Crippen molar-refractivity contribution in [1.82, 2.24) is 20.0 Å².